The van der Waals surface area contributed by atoms with Crippen LogP contribution in [0.1, 0.15) is 34.6 Å². The summed E-state index contributed by atoms with van der Waals surface area (Å²) in [6, 6.07) is 25.6. The minimum Gasteiger partial charge on any atom is -0.341 e. The van der Waals surface area contributed by atoms with Gasteiger partial charge in [-0.25, -0.2) is 4.39 Å². The summed E-state index contributed by atoms with van der Waals surface area (Å²) < 4.78 is 14.3. The Labute approximate surface area is 190 Å². The Morgan fingerprint density at radius 2 is 1.75 bits per heavy atom. The molecule has 1 saturated heterocycles. The van der Waals surface area contributed by atoms with E-state index in [0.717, 1.165) is 18.5 Å². The Hall–Kier alpha value is -2.98. The van der Waals surface area contributed by atoms with Crippen LogP contribution in [0.15, 0.2) is 78.9 Å². The van der Waals surface area contributed by atoms with Gasteiger partial charge in [-0.1, -0.05) is 78.4 Å². The molecule has 1 aliphatic rings. The molecule has 166 valence electrons. The molecule has 3 nitrogen and oxygen atoms in total. The zero-order chi connectivity index (χ0) is 22.5. The lowest BCUT2D eigenvalue weighted by atomic mass is 9.83. The molecule has 0 spiro atoms. The van der Waals surface area contributed by atoms with Gasteiger partial charge in [0.1, 0.15) is 5.82 Å². The van der Waals surface area contributed by atoms with E-state index in [1.807, 2.05) is 54.4 Å². The monoisotopic (exact) mass is 430 g/mol. The number of aryl methyl sites for hydroxylation is 1. The van der Waals surface area contributed by atoms with Gasteiger partial charge >= 0.3 is 0 Å². The maximum atomic E-state index is 14.3. The Morgan fingerprint density at radius 3 is 2.50 bits per heavy atom. The van der Waals surface area contributed by atoms with E-state index in [2.05, 4.69) is 36.1 Å². The largest absolute Gasteiger partial charge is 0.341 e. The maximum absolute atomic E-state index is 14.3. The van der Waals surface area contributed by atoms with E-state index in [1.165, 1.54) is 17.2 Å². The smallest absolute Gasteiger partial charge is 0.227 e. The van der Waals surface area contributed by atoms with Crippen LogP contribution in [-0.4, -0.2) is 35.8 Å². The van der Waals surface area contributed by atoms with Crippen LogP contribution in [0, 0.1) is 18.7 Å². The number of likely N-dealkylation sites (tertiary alicyclic amines) is 1. The minimum absolute atomic E-state index is 0.116. The van der Waals surface area contributed by atoms with Crippen LogP contribution < -0.4 is 0 Å². The Bertz CT molecular complexity index is 1050. The molecule has 3 aromatic rings. The van der Waals surface area contributed by atoms with Crippen molar-refractivity contribution in [1.82, 2.24) is 9.80 Å². The zero-order valence-corrected chi connectivity index (χ0v) is 18.9. The molecule has 0 saturated carbocycles. The lowest BCUT2D eigenvalue weighted by Crippen LogP contribution is -2.45. The molecular formula is C28H31FN2O. The molecular weight excluding hydrogens is 399 g/mol. The summed E-state index contributed by atoms with van der Waals surface area (Å²) in [6.45, 7) is 4.68. The molecule has 1 amide bonds. The maximum Gasteiger partial charge on any atom is 0.227 e. The molecule has 0 aliphatic carbocycles. The van der Waals surface area contributed by atoms with Crippen LogP contribution in [0.4, 0.5) is 4.39 Å². The van der Waals surface area contributed by atoms with E-state index in [9.17, 15) is 9.18 Å². The van der Waals surface area contributed by atoms with Crippen LogP contribution in [0.3, 0.4) is 0 Å². The molecule has 0 radical (unpaired) electrons. The van der Waals surface area contributed by atoms with Gasteiger partial charge in [0.15, 0.2) is 0 Å². The third-order valence-electron chi connectivity index (χ3n) is 6.38. The van der Waals surface area contributed by atoms with E-state index in [-0.39, 0.29) is 23.6 Å². The number of amides is 1. The number of piperidine rings is 1. The first kappa shape index (κ1) is 22.2. The first-order chi connectivity index (χ1) is 15.5. The Balaban J connectivity index is 1.54. The van der Waals surface area contributed by atoms with Crippen molar-refractivity contribution >= 4 is 5.91 Å². The molecule has 32 heavy (non-hydrogen) atoms. The molecule has 2 atom stereocenters. The van der Waals surface area contributed by atoms with Gasteiger partial charge in [0, 0.05) is 38.8 Å². The fraction of sp³-hybridized carbons (Fsp3) is 0.321. The van der Waals surface area contributed by atoms with Crippen LogP contribution in [0.25, 0.3) is 0 Å². The van der Waals surface area contributed by atoms with Gasteiger partial charge in [-0.3, -0.25) is 9.69 Å². The number of nitrogens with zero attached hydrogens (tertiary/aromatic N) is 2. The molecule has 3 aromatic carbocycles. The first-order valence-electron chi connectivity index (χ1n) is 11.3. The lowest BCUT2D eigenvalue weighted by molar-refractivity contribution is -0.137. The average molecular weight is 431 g/mol. The van der Waals surface area contributed by atoms with Crippen molar-refractivity contribution in [3.05, 3.63) is 107 Å². The van der Waals surface area contributed by atoms with Gasteiger partial charge in [0.05, 0.1) is 5.92 Å². The van der Waals surface area contributed by atoms with Crippen LogP contribution in [0.5, 0.6) is 0 Å². The second-order valence-corrected chi connectivity index (χ2v) is 9.01. The highest BCUT2D eigenvalue weighted by Gasteiger charge is 2.34. The molecule has 0 N–H and O–H groups in total. The summed E-state index contributed by atoms with van der Waals surface area (Å²) in [7, 11) is 1.88. The zero-order valence-electron chi connectivity index (χ0n) is 18.9. The fourth-order valence-corrected chi connectivity index (χ4v) is 4.78. The molecule has 1 fully saturated rings. The van der Waals surface area contributed by atoms with E-state index in [0.29, 0.717) is 25.2 Å². The topological polar surface area (TPSA) is 23.6 Å². The van der Waals surface area contributed by atoms with E-state index in [4.69, 9.17) is 0 Å². The second kappa shape index (κ2) is 10.1. The van der Waals surface area contributed by atoms with Crippen LogP contribution in [-0.2, 0) is 17.9 Å². The van der Waals surface area contributed by atoms with Crippen molar-refractivity contribution in [3.63, 3.8) is 0 Å². The highest BCUT2D eigenvalue weighted by atomic mass is 19.1. The van der Waals surface area contributed by atoms with Gasteiger partial charge in [-0.05, 0) is 36.5 Å². The van der Waals surface area contributed by atoms with Gasteiger partial charge in [0.2, 0.25) is 5.91 Å². The Kier molecular flexibility index (Phi) is 7.01. The van der Waals surface area contributed by atoms with Gasteiger partial charge in [-0.2, -0.15) is 0 Å². The van der Waals surface area contributed by atoms with E-state index in [1.54, 1.807) is 6.07 Å². The van der Waals surface area contributed by atoms with E-state index >= 15 is 0 Å². The summed E-state index contributed by atoms with van der Waals surface area (Å²) in [5, 5.41) is 0. The summed E-state index contributed by atoms with van der Waals surface area (Å²) in [5.74, 6) is 0.100. The van der Waals surface area contributed by atoms with Crippen molar-refractivity contribution < 1.29 is 9.18 Å². The number of benzene rings is 3. The predicted molar refractivity (Wildman–Crippen MR) is 127 cm³/mol. The molecule has 4 rings (SSSR count). The molecule has 2 unspecified atom stereocenters. The highest BCUT2D eigenvalue weighted by Crippen LogP contribution is 2.33. The third kappa shape index (κ3) is 5.43. The molecule has 1 heterocycles. The summed E-state index contributed by atoms with van der Waals surface area (Å²) in [4.78, 5) is 17.5. The lowest BCUT2D eigenvalue weighted by Gasteiger charge is -2.39. The summed E-state index contributed by atoms with van der Waals surface area (Å²) in [6.07, 6.45) is 0.815. The molecule has 0 aromatic heterocycles. The number of halogens is 1. The summed E-state index contributed by atoms with van der Waals surface area (Å²) in [5.41, 5.74) is 4.28. The Morgan fingerprint density at radius 1 is 1.00 bits per heavy atom. The fourth-order valence-electron chi connectivity index (χ4n) is 4.78. The quantitative estimate of drug-likeness (QED) is 0.523. The van der Waals surface area contributed by atoms with Gasteiger partial charge < -0.3 is 4.90 Å². The second-order valence-electron chi connectivity index (χ2n) is 9.01. The van der Waals surface area contributed by atoms with Crippen molar-refractivity contribution in [2.24, 2.45) is 5.92 Å². The van der Waals surface area contributed by atoms with Crippen LogP contribution >= 0.6 is 0 Å². The predicted octanol–water partition coefficient (Wildman–Crippen LogP) is 5.40. The van der Waals surface area contributed by atoms with Crippen LogP contribution in [0.2, 0.25) is 0 Å². The third-order valence-corrected chi connectivity index (χ3v) is 6.38. The number of hydrogen-bond donors (Lipinski definition) is 0. The molecule has 0 bridgehead atoms. The highest BCUT2D eigenvalue weighted by molar-refractivity contribution is 5.79. The normalized spacial score (nSPS) is 19.0. The minimum atomic E-state index is -0.186. The van der Waals surface area contributed by atoms with Crippen molar-refractivity contribution in [2.75, 3.05) is 20.1 Å². The number of carbonyl (C=O) groups excluding carboxylic acids is 1. The van der Waals surface area contributed by atoms with Gasteiger partial charge in [0.25, 0.3) is 0 Å². The number of carbonyl (C=O) groups is 1. The summed E-state index contributed by atoms with van der Waals surface area (Å²) >= 11 is 0. The molecule has 4 heteroatoms. The van der Waals surface area contributed by atoms with Gasteiger partial charge in [-0.15, -0.1) is 0 Å². The first-order valence-corrected chi connectivity index (χ1v) is 11.3. The standard InChI is InChI=1S/C28H31FN2O/c1-21-9-8-13-23(15-21)25-16-26(28(32)30(2)17-22-10-4-3-5-11-22)20-31(19-25)18-24-12-6-7-14-27(24)29/h3-15,25-26H,16-20H2,1-2H3. The van der Waals surface area contributed by atoms with Crippen molar-refractivity contribution in [2.45, 2.75) is 32.4 Å². The number of rotatable bonds is 6. The van der Waals surface area contributed by atoms with Crippen molar-refractivity contribution in [1.29, 1.82) is 0 Å². The number of hydrogen-bond acceptors (Lipinski definition) is 2. The SMILES string of the molecule is Cc1cccc(C2CC(C(=O)N(C)Cc3ccccc3)CN(Cc3ccccc3F)C2)c1. The molecule has 1 aliphatic heterocycles. The average Bonchev–Trinajstić information content (AvgIpc) is 2.80. The van der Waals surface area contributed by atoms with Crippen molar-refractivity contribution in [3.8, 4) is 0 Å². The van der Waals surface area contributed by atoms with E-state index < -0.39 is 0 Å².